The molecule has 1 unspecified atom stereocenters. The molecule has 0 spiro atoms. The molecular weight excluding hydrogens is 366 g/mol. The molecule has 0 radical (unpaired) electrons. The standard InChI is InChI=1S/C12H9Br2NO3/c1-15(6-9(13)10(14)11(15)16)8-4-2-7(3-5-8)12(17)18/h2-5H,6H2,1H3/p+1. The first-order chi connectivity index (χ1) is 8.36. The maximum atomic E-state index is 12.2. The summed E-state index contributed by atoms with van der Waals surface area (Å²) in [6, 6.07) is 6.36. The predicted octanol–water partition coefficient (Wildman–Crippen LogP) is 2.86. The van der Waals surface area contributed by atoms with Gasteiger partial charge in [0.1, 0.15) is 16.7 Å². The first-order valence-corrected chi connectivity index (χ1v) is 6.73. The Bertz CT molecular complexity index is 565. The molecule has 2 rings (SSSR count). The van der Waals surface area contributed by atoms with Crippen LogP contribution in [0.4, 0.5) is 5.69 Å². The number of rotatable bonds is 2. The lowest BCUT2D eigenvalue weighted by atomic mass is 10.2. The molecule has 1 aromatic carbocycles. The minimum Gasteiger partial charge on any atom is -0.478 e. The van der Waals surface area contributed by atoms with E-state index < -0.39 is 5.97 Å². The smallest absolute Gasteiger partial charge is 0.359 e. The normalized spacial score (nSPS) is 23.6. The van der Waals surface area contributed by atoms with E-state index in [1.165, 1.54) is 12.1 Å². The van der Waals surface area contributed by atoms with Gasteiger partial charge in [0.2, 0.25) is 0 Å². The zero-order valence-corrected chi connectivity index (χ0v) is 12.7. The summed E-state index contributed by atoms with van der Waals surface area (Å²) in [7, 11) is 1.80. The quantitative estimate of drug-likeness (QED) is 0.808. The number of aromatic carboxylic acids is 1. The van der Waals surface area contributed by atoms with Gasteiger partial charge in [0.15, 0.2) is 0 Å². The Morgan fingerprint density at radius 1 is 1.28 bits per heavy atom. The zero-order chi connectivity index (χ0) is 13.5. The van der Waals surface area contributed by atoms with Gasteiger partial charge in [0.05, 0.1) is 17.1 Å². The second-order valence-corrected chi connectivity index (χ2v) is 5.98. The number of amides is 1. The van der Waals surface area contributed by atoms with Crippen molar-refractivity contribution in [2.24, 2.45) is 0 Å². The summed E-state index contributed by atoms with van der Waals surface area (Å²) in [5, 5.41) is 8.85. The van der Waals surface area contributed by atoms with Crippen molar-refractivity contribution < 1.29 is 14.7 Å². The van der Waals surface area contributed by atoms with Crippen LogP contribution in [0.3, 0.4) is 0 Å². The fourth-order valence-electron chi connectivity index (χ4n) is 1.89. The fourth-order valence-corrected chi connectivity index (χ4v) is 3.08. The van der Waals surface area contributed by atoms with Gasteiger partial charge in [-0.25, -0.2) is 14.1 Å². The summed E-state index contributed by atoms with van der Waals surface area (Å²) in [5.41, 5.74) is 0.972. The number of carboxylic acids is 1. The van der Waals surface area contributed by atoms with Gasteiger partial charge < -0.3 is 5.11 Å². The molecule has 4 nitrogen and oxygen atoms in total. The zero-order valence-electron chi connectivity index (χ0n) is 9.48. The third kappa shape index (κ3) is 2.04. The molecule has 0 saturated heterocycles. The van der Waals surface area contributed by atoms with Crippen LogP contribution in [0.25, 0.3) is 0 Å². The Hall–Kier alpha value is -0.980. The van der Waals surface area contributed by atoms with Crippen molar-refractivity contribution in [3.05, 3.63) is 38.8 Å². The van der Waals surface area contributed by atoms with Crippen LogP contribution in [0.1, 0.15) is 10.4 Å². The average Bonchev–Trinajstić information content (AvgIpc) is 2.54. The van der Waals surface area contributed by atoms with Gasteiger partial charge in [-0.1, -0.05) is 0 Å². The first-order valence-electron chi connectivity index (χ1n) is 5.15. The van der Waals surface area contributed by atoms with Crippen molar-refractivity contribution in [1.82, 2.24) is 4.48 Å². The fraction of sp³-hybridized carbons (Fsp3) is 0.167. The highest BCUT2D eigenvalue weighted by atomic mass is 79.9. The van der Waals surface area contributed by atoms with E-state index in [-0.39, 0.29) is 16.0 Å². The molecule has 1 aliphatic heterocycles. The predicted molar refractivity (Wildman–Crippen MR) is 75.9 cm³/mol. The number of benzene rings is 1. The van der Waals surface area contributed by atoms with E-state index in [9.17, 15) is 9.59 Å². The Morgan fingerprint density at radius 2 is 1.83 bits per heavy atom. The lowest BCUT2D eigenvalue weighted by Crippen LogP contribution is -2.47. The van der Waals surface area contributed by atoms with E-state index in [1.807, 2.05) is 0 Å². The van der Waals surface area contributed by atoms with Crippen molar-refractivity contribution in [3.63, 3.8) is 0 Å². The van der Waals surface area contributed by atoms with E-state index in [0.29, 0.717) is 11.0 Å². The minimum atomic E-state index is -0.975. The van der Waals surface area contributed by atoms with Crippen LogP contribution in [0.2, 0.25) is 0 Å². The number of halogens is 2. The van der Waals surface area contributed by atoms with Crippen LogP contribution in [-0.4, -0.2) is 30.6 Å². The Balaban J connectivity index is 2.39. The summed E-state index contributed by atoms with van der Waals surface area (Å²) in [6.45, 7) is 0.520. The van der Waals surface area contributed by atoms with Crippen LogP contribution in [-0.2, 0) is 4.79 Å². The van der Waals surface area contributed by atoms with Gasteiger partial charge in [-0.3, -0.25) is 0 Å². The van der Waals surface area contributed by atoms with Crippen molar-refractivity contribution >= 4 is 49.4 Å². The number of quaternary nitrogens is 1. The van der Waals surface area contributed by atoms with Gasteiger partial charge >= 0.3 is 11.9 Å². The molecular formula is C12H10Br2NO3+. The number of carbonyl (C=O) groups is 2. The van der Waals surface area contributed by atoms with Crippen LogP contribution in [0.15, 0.2) is 33.2 Å². The molecule has 1 aromatic rings. The van der Waals surface area contributed by atoms with Crippen molar-refractivity contribution in [2.45, 2.75) is 0 Å². The maximum absolute atomic E-state index is 12.2. The summed E-state index contributed by atoms with van der Waals surface area (Å²) in [6.07, 6.45) is 0. The van der Waals surface area contributed by atoms with E-state index in [2.05, 4.69) is 31.9 Å². The lowest BCUT2D eigenvalue weighted by molar-refractivity contribution is -0.123. The largest absolute Gasteiger partial charge is 0.478 e. The topological polar surface area (TPSA) is 54.4 Å². The summed E-state index contributed by atoms with van der Waals surface area (Å²) in [4.78, 5) is 23.0. The third-order valence-corrected chi connectivity index (χ3v) is 5.01. The molecule has 1 amide bonds. The first kappa shape index (κ1) is 13.5. The van der Waals surface area contributed by atoms with Crippen LogP contribution in [0, 0.1) is 0 Å². The number of hydrogen-bond acceptors (Lipinski definition) is 2. The molecule has 0 bridgehead atoms. The van der Waals surface area contributed by atoms with Crippen molar-refractivity contribution in [2.75, 3.05) is 13.6 Å². The van der Waals surface area contributed by atoms with E-state index in [0.717, 1.165) is 10.2 Å². The Morgan fingerprint density at radius 3 is 2.22 bits per heavy atom. The second-order valence-electron chi connectivity index (χ2n) is 4.23. The molecule has 1 heterocycles. The van der Waals surface area contributed by atoms with Gasteiger partial charge in [0.25, 0.3) is 0 Å². The number of likely N-dealkylation sites (N-methyl/N-ethyl adjacent to an activating group) is 1. The second kappa shape index (κ2) is 4.60. The number of nitrogens with zero attached hydrogens (tertiary/aromatic N) is 1. The van der Waals surface area contributed by atoms with Gasteiger partial charge in [0, 0.05) is 12.1 Å². The monoisotopic (exact) mass is 374 g/mol. The maximum Gasteiger partial charge on any atom is 0.359 e. The summed E-state index contributed by atoms with van der Waals surface area (Å²) >= 11 is 6.61. The van der Waals surface area contributed by atoms with Gasteiger partial charge in [-0.05, 0) is 44.0 Å². The highest BCUT2D eigenvalue weighted by molar-refractivity contribution is 9.14. The van der Waals surface area contributed by atoms with Crippen LogP contribution in [0.5, 0.6) is 0 Å². The molecule has 1 aliphatic rings. The van der Waals surface area contributed by atoms with Crippen LogP contribution < -0.4 is 4.48 Å². The summed E-state index contributed by atoms with van der Waals surface area (Å²) < 4.78 is 1.45. The van der Waals surface area contributed by atoms with E-state index in [1.54, 1.807) is 19.2 Å². The third-order valence-electron chi connectivity index (χ3n) is 3.01. The highest BCUT2D eigenvalue weighted by Gasteiger charge is 2.44. The van der Waals surface area contributed by atoms with E-state index >= 15 is 0 Å². The van der Waals surface area contributed by atoms with Gasteiger partial charge in [-0.15, -0.1) is 0 Å². The summed E-state index contributed by atoms with van der Waals surface area (Å²) in [5.74, 6) is -1.03. The minimum absolute atomic E-state index is 0.0510. The molecule has 1 atom stereocenters. The lowest BCUT2D eigenvalue weighted by Gasteiger charge is -2.26. The van der Waals surface area contributed by atoms with Crippen LogP contribution >= 0.6 is 31.9 Å². The van der Waals surface area contributed by atoms with E-state index in [4.69, 9.17) is 5.11 Å². The molecule has 0 aromatic heterocycles. The molecule has 0 fully saturated rings. The Labute approximate surface area is 121 Å². The molecule has 0 aliphatic carbocycles. The SMILES string of the molecule is C[N+]1(c2ccc(C(=O)O)cc2)CC(Br)=C(Br)C1=O. The average molecular weight is 376 g/mol. The molecule has 6 heteroatoms. The van der Waals surface area contributed by atoms with Gasteiger partial charge in [-0.2, -0.15) is 0 Å². The molecule has 0 saturated carbocycles. The van der Waals surface area contributed by atoms with Crippen molar-refractivity contribution in [1.29, 1.82) is 0 Å². The van der Waals surface area contributed by atoms with Crippen molar-refractivity contribution in [3.8, 4) is 0 Å². The highest BCUT2D eigenvalue weighted by Crippen LogP contribution is 2.36. The number of carboxylic acid groups (broad SMARTS) is 1. The number of hydrogen-bond donors (Lipinski definition) is 1. The molecule has 94 valence electrons. The Kier molecular flexibility index (Phi) is 3.44. The molecule has 18 heavy (non-hydrogen) atoms. The molecule has 1 N–H and O–H groups in total. The number of carbonyl (C=O) groups excluding carboxylic acids is 1.